The topological polar surface area (TPSA) is 116 Å². The number of aryl methyl sites for hydroxylation is 1. The molecule has 0 radical (unpaired) electrons. The summed E-state index contributed by atoms with van der Waals surface area (Å²) >= 11 is 0. The third kappa shape index (κ3) is 4.24. The lowest BCUT2D eigenvalue weighted by atomic mass is 10.2. The number of methoxy groups -OCH3 is 1. The Bertz CT molecular complexity index is 1090. The van der Waals surface area contributed by atoms with Crippen LogP contribution in [0.25, 0.3) is 11.4 Å². The molecule has 3 aromatic rings. The number of amides is 2. The van der Waals surface area contributed by atoms with Crippen LogP contribution in [-0.4, -0.2) is 35.2 Å². The summed E-state index contributed by atoms with van der Waals surface area (Å²) in [6, 6.07) is 12.4. The predicted octanol–water partition coefficient (Wildman–Crippen LogP) is 3.04. The molecule has 0 saturated heterocycles. The van der Waals surface area contributed by atoms with Crippen molar-refractivity contribution in [2.45, 2.75) is 25.9 Å². The van der Waals surface area contributed by atoms with Gasteiger partial charge in [0, 0.05) is 24.1 Å². The zero-order valence-corrected chi connectivity index (χ0v) is 16.5. The fourth-order valence-corrected chi connectivity index (χ4v) is 2.97. The molecule has 0 spiro atoms. The molecule has 0 unspecified atom stereocenters. The van der Waals surface area contributed by atoms with Gasteiger partial charge in [-0.15, -0.1) is 0 Å². The van der Waals surface area contributed by atoms with Gasteiger partial charge in [0.1, 0.15) is 11.5 Å². The number of nitrogens with zero attached hydrogens (tertiary/aromatic N) is 2. The first kappa shape index (κ1) is 19.4. The van der Waals surface area contributed by atoms with Gasteiger partial charge in [0.25, 0.3) is 5.91 Å². The molecule has 1 atom stereocenters. The zero-order valence-electron chi connectivity index (χ0n) is 16.5. The first-order valence-corrected chi connectivity index (χ1v) is 9.40. The fraction of sp³-hybridized carbons (Fsp3) is 0.238. The van der Waals surface area contributed by atoms with Crippen LogP contribution in [0.3, 0.4) is 0 Å². The lowest BCUT2D eigenvalue weighted by Gasteiger charge is -2.23. The van der Waals surface area contributed by atoms with E-state index in [1.54, 1.807) is 38.3 Å². The summed E-state index contributed by atoms with van der Waals surface area (Å²) in [5.74, 6) is 1.61. The van der Waals surface area contributed by atoms with Crippen LogP contribution in [0.1, 0.15) is 19.2 Å². The highest BCUT2D eigenvalue weighted by Gasteiger charge is 2.23. The molecule has 0 aliphatic carbocycles. The van der Waals surface area contributed by atoms with E-state index in [-0.39, 0.29) is 18.2 Å². The van der Waals surface area contributed by atoms with Gasteiger partial charge in [-0.05, 0) is 37.3 Å². The lowest BCUT2D eigenvalue weighted by Crippen LogP contribution is -2.34. The largest absolute Gasteiger partial charge is 0.497 e. The average Bonchev–Trinajstić information content (AvgIpc) is 3.22. The van der Waals surface area contributed by atoms with Gasteiger partial charge in [-0.2, -0.15) is 4.98 Å². The molecule has 0 saturated carbocycles. The van der Waals surface area contributed by atoms with Crippen LogP contribution in [0.15, 0.2) is 47.0 Å². The Hall–Kier alpha value is -3.88. The second-order valence-electron chi connectivity index (χ2n) is 6.75. The quantitative estimate of drug-likeness (QED) is 0.644. The molecule has 1 aromatic heterocycles. The molecule has 9 heteroatoms. The van der Waals surface area contributed by atoms with E-state index in [0.29, 0.717) is 41.0 Å². The molecule has 30 heavy (non-hydrogen) atoms. The maximum atomic E-state index is 12.3. The highest BCUT2D eigenvalue weighted by Crippen LogP contribution is 2.32. The molecular weight excluding hydrogens is 388 g/mol. The summed E-state index contributed by atoms with van der Waals surface area (Å²) in [6.45, 7) is 1.67. The van der Waals surface area contributed by atoms with E-state index in [1.165, 1.54) is 0 Å². The molecule has 2 N–H and O–H groups in total. The first-order chi connectivity index (χ1) is 14.5. The van der Waals surface area contributed by atoms with Crippen LogP contribution in [0.2, 0.25) is 0 Å². The molecule has 154 valence electrons. The van der Waals surface area contributed by atoms with Gasteiger partial charge in [-0.1, -0.05) is 17.3 Å². The van der Waals surface area contributed by atoms with Crippen molar-refractivity contribution in [3.63, 3.8) is 0 Å². The SMILES string of the molecule is COc1cccc(-c2noc(CCC(=O)Nc3ccc4c(c3)NC(=O)[C@H](C)O4)n2)c1. The summed E-state index contributed by atoms with van der Waals surface area (Å²) in [5, 5.41) is 9.50. The van der Waals surface area contributed by atoms with Crippen LogP contribution >= 0.6 is 0 Å². The zero-order chi connectivity index (χ0) is 21.1. The molecule has 0 fully saturated rings. The van der Waals surface area contributed by atoms with E-state index in [2.05, 4.69) is 20.8 Å². The van der Waals surface area contributed by atoms with Crippen molar-refractivity contribution in [2.24, 2.45) is 0 Å². The minimum atomic E-state index is -0.547. The van der Waals surface area contributed by atoms with Crippen molar-refractivity contribution in [3.05, 3.63) is 48.4 Å². The molecule has 1 aliphatic heterocycles. The van der Waals surface area contributed by atoms with Gasteiger partial charge < -0.3 is 24.6 Å². The van der Waals surface area contributed by atoms with E-state index in [1.807, 2.05) is 18.2 Å². The molecular formula is C21H20N4O5. The summed E-state index contributed by atoms with van der Waals surface area (Å²) in [7, 11) is 1.59. The maximum absolute atomic E-state index is 12.3. The Morgan fingerprint density at radius 3 is 2.97 bits per heavy atom. The van der Waals surface area contributed by atoms with Gasteiger partial charge in [-0.25, -0.2) is 0 Å². The molecule has 2 aromatic carbocycles. The molecule has 0 bridgehead atoms. The van der Waals surface area contributed by atoms with Crippen molar-refractivity contribution in [3.8, 4) is 22.9 Å². The number of nitrogens with one attached hydrogen (secondary N) is 2. The molecule has 9 nitrogen and oxygen atoms in total. The second kappa shape index (κ2) is 8.24. The average molecular weight is 408 g/mol. The standard InChI is InChI=1S/C21H20N4O5/c1-12-21(27)23-16-11-14(6-7-17(16)29-12)22-18(26)8-9-19-24-20(25-30-19)13-4-3-5-15(10-13)28-2/h3-7,10-12H,8-9H2,1-2H3,(H,22,26)(H,23,27)/t12-/m0/s1. The number of hydrogen-bond donors (Lipinski definition) is 2. The number of aromatic nitrogens is 2. The van der Waals surface area contributed by atoms with Crippen molar-refractivity contribution < 1.29 is 23.6 Å². The van der Waals surface area contributed by atoms with Crippen LogP contribution in [0.5, 0.6) is 11.5 Å². The van der Waals surface area contributed by atoms with Crippen LogP contribution in [0.4, 0.5) is 11.4 Å². The van der Waals surface area contributed by atoms with Crippen LogP contribution < -0.4 is 20.1 Å². The van der Waals surface area contributed by atoms with Crippen molar-refractivity contribution in [1.29, 1.82) is 0 Å². The maximum Gasteiger partial charge on any atom is 0.265 e. The van der Waals surface area contributed by atoms with E-state index >= 15 is 0 Å². The van der Waals surface area contributed by atoms with Crippen molar-refractivity contribution in [1.82, 2.24) is 10.1 Å². The minimum Gasteiger partial charge on any atom is -0.497 e. The van der Waals surface area contributed by atoms with Gasteiger partial charge in [-0.3, -0.25) is 9.59 Å². The normalized spacial score (nSPS) is 15.0. The van der Waals surface area contributed by atoms with Gasteiger partial charge in [0.05, 0.1) is 12.8 Å². The summed E-state index contributed by atoms with van der Waals surface area (Å²) in [6.07, 6.45) is -0.0869. The Balaban J connectivity index is 1.35. The third-order valence-electron chi connectivity index (χ3n) is 4.56. The summed E-state index contributed by atoms with van der Waals surface area (Å²) < 4.78 is 15.9. The number of carbonyl (C=O) groups is 2. The van der Waals surface area contributed by atoms with E-state index in [4.69, 9.17) is 14.0 Å². The van der Waals surface area contributed by atoms with E-state index in [0.717, 1.165) is 5.56 Å². The number of hydrogen-bond acceptors (Lipinski definition) is 7. The van der Waals surface area contributed by atoms with Gasteiger partial charge in [0.15, 0.2) is 6.10 Å². The highest BCUT2D eigenvalue weighted by molar-refractivity contribution is 5.99. The fourth-order valence-electron chi connectivity index (χ4n) is 2.97. The number of rotatable bonds is 6. The molecule has 1 aliphatic rings. The smallest absolute Gasteiger partial charge is 0.265 e. The molecule has 4 rings (SSSR count). The highest BCUT2D eigenvalue weighted by atomic mass is 16.5. The minimum absolute atomic E-state index is 0.163. The number of anilines is 2. The number of carbonyl (C=O) groups excluding carboxylic acids is 2. The van der Waals surface area contributed by atoms with Crippen molar-refractivity contribution in [2.75, 3.05) is 17.7 Å². The number of benzene rings is 2. The van der Waals surface area contributed by atoms with E-state index < -0.39 is 6.10 Å². The van der Waals surface area contributed by atoms with Gasteiger partial charge in [0.2, 0.25) is 17.6 Å². The third-order valence-corrected chi connectivity index (χ3v) is 4.56. The first-order valence-electron chi connectivity index (χ1n) is 9.40. The van der Waals surface area contributed by atoms with E-state index in [9.17, 15) is 9.59 Å². The van der Waals surface area contributed by atoms with Crippen LogP contribution in [-0.2, 0) is 16.0 Å². The van der Waals surface area contributed by atoms with Crippen molar-refractivity contribution >= 4 is 23.2 Å². The van der Waals surface area contributed by atoms with Gasteiger partial charge >= 0.3 is 0 Å². The Morgan fingerprint density at radius 2 is 2.13 bits per heavy atom. The molecule has 2 amide bonds. The molecule has 2 heterocycles. The number of fused-ring (bicyclic) bond motifs is 1. The van der Waals surface area contributed by atoms with Crippen LogP contribution in [0, 0.1) is 0 Å². The Morgan fingerprint density at radius 1 is 1.27 bits per heavy atom. The lowest BCUT2D eigenvalue weighted by molar-refractivity contribution is -0.122. The number of ether oxygens (including phenoxy) is 2. The monoisotopic (exact) mass is 408 g/mol. The summed E-state index contributed by atoms with van der Waals surface area (Å²) in [4.78, 5) is 28.4. The second-order valence-corrected chi connectivity index (χ2v) is 6.75. The Kier molecular flexibility index (Phi) is 5.34. The predicted molar refractivity (Wildman–Crippen MR) is 108 cm³/mol. The Labute approximate surface area is 172 Å². The summed E-state index contributed by atoms with van der Waals surface area (Å²) in [5.41, 5.74) is 1.84.